The molecule has 5 aromatic heterocycles. The van der Waals surface area contributed by atoms with Crippen LogP contribution in [0.1, 0.15) is 0 Å². The molecule has 0 saturated carbocycles. The van der Waals surface area contributed by atoms with Crippen LogP contribution >= 0.6 is 0 Å². The second kappa shape index (κ2) is 6.35. The van der Waals surface area contributed by atoms with E-state index in [4.69, 9.17) is 0 Å². The molecule has 3 N–H and O–H groups in total. The van der Waals surface area contributed by atoms with Gasteiger partial charge in [0.1, 0.15) is 11.5 Å². The lowest BCUT2D eigenvalue weighted by Gasteiger charge is -2.03. The maximum atomic E-state index is 14.4. The quantitative estimate of drug-likeness (QED) is 0.404. The number of hydrogen-bond donors (Lipinski definition) is 3. The minimum Gasteiger partial charge on any atom is -0.353 e. The minimum absolute atomic E-state index is 0.306. The summed E-state index contributed by atoms with van der Waals surface area (Å²) in [5.41, 5.74) is 6.00. The molecule has 6 rings (SSSR count). The van der Waals surface area contributed by atoms with E-state index in [-0.39, 0.29) is 5.82 Å². The summed E-state index contributed by atoms with van der Waals surface area (Å²) in [5, 5.41) is 16.0. The van der Waals surface area contributed by atoms with Crippen molar-refractivity contribution in [3.8, 4) is 33.8 Å². The normalized spacial score (nSPS) is 11.5. The average Bonchev–Trinajstić information content (AvgIpc) is 3.51. The molecule has 0 aliphatic carbocycles. The van der Waals surface area contributed by atoms with E-state index in [0.717, 1.165) is 38.8 Å². The lowest BCUT2D eigenvalue weighted by Crippen LogP contribution is -1.87. The van der Waals surface area contributed by atoms with Crippen molar-refractivity contribution in [2.75, 3.05) is 0 Å². The molecule has 0 bridgehead atoms. The van der Waals surface area contributed by atoms with Gasteiger partial charge in [0, 0.05) is 51.6 Å². The first kappa shape index (κ1) is 16.6. The van der Waals surface area contributed by atoms with E-state index in [1.807, 2.05) is 24.4 Å². The van der Waals surface area contributed by atoms with Crippen LogP contribution < -0.4 is 0 Å². The highest BCUT2D eigenvalue weighted by Gasteiger charge is 2.16. The molecular weight excluding hydrogens is 381 g/mol. The number of hydrogen-bond acceptors (Lipinski definition) is 4. The molecule has 7 nitrogen and oxygen atoms in total. The molecule has 5 heterocycles. The van der Waals surface area contributed by atoms with Crippen molar-refractivity contribution in [1.29, 1.82) is 0 Å². The van der Waals surface area contributed by atoms with Crippen LogP contribution in [-0.2, 0) is 0 Å². The number of pyridine rings is 2. The number of aromatic amines is 3. The predicted molar refractivity (Wildman–Crippen MR) is 112 cm³/mol. The molecule has 0 unspecified atom stereocenters. The van der Waals surface area contributed by atoms with Crippen molar-refractivity contribution in [1.82, 2.24) is 35.3 Å². The highest BCUT2D eigenvalue weighted by molar-refractivity contribution is 6.00. The zero-order chi connectivity index (χ0) is 20.1. The maximum Gasteiger partial charge on any atom is 0.155 e. The van der Waals surface area contributed by atoms with Crippen LogP contribution in [0.4, 0.5) is 4.39 Å². The maximum absolute atomic E-state index is 14.4. The molecular formula is C22H14FN7. The molecule has 8 heteroatoms. The molecule has 1 aromatic carbocycles. The summed E-state index contributed by atoms with van der Waals surface area (Å²) >= 11 is 0. The first-order valence-electron chi connectivity index (χ1n) is 9.34. The first-order chi connectivity index (χ1) is 14.8. The minimum atomic E-state index is -0.306. The fourth-order valence-corrected chi connectivity index (χ4v) is 3.72. The molecule has 0 aliphatic rings. The third-order valence-corrected chi connectivity index (χ3v) is 5.18. The Labute approximate surface area is 169 Å². The number of halogens is 1. The largest absolute Gasteiger partial charge is 0.353 e. The molecule has 0 aliphatic heterocycles. The number of rotatable bonds is 3. The topological polar surface area (TPSA) is 98.9 Å². The summed E-state index contributed by atoms with van der Waals surface area (Å²) in [4.78, 5) is 12.3. The Balaban J connectivity index is 1.54. The molecule has 30 heavy (non-hydrogen) atoms. The molecule has 0 amide bonds. The Morgan fingerprint density at radius 1 is 0.867 bits per heavy atom. The molecule has 0 radical (unpaired) electrons. The van der Waals surface area contributed by atoms with Gasteiger partial charge in [0.2, 0.25) is 0 Å². The van der Waals surface area contributed by atoms with E-state index in [0.29, 0.717) is 16.9 Å². The van der Waals surface area contributed by atoms with E-state index in [9.17, 15) is 4.39 Å². The molecule has 144 valence electrons. The SMILES string of the molecule is Fc1ccccc1-c1nccc2[nH]c(-c3n[nH]c4ncc(-c5cn[nH]c5)cc34)cc12. The van der Waals surface area contributed by atoms with Gasteiger partial charge in [0.05, 0.1) is 17.6 Å². The van der Waals surface area contributed by atoms with E-state index >= 15 is 0 Å². The Hall–Kier alpha value is -4.33. The zero-order valence-corrected chi connectivity index (χ0v) is 15.5. The van der Waals surface area contributed by atoms with Crippen molar-refractivity contribution in [3.63, 3.8) is 0 Å². The van der Waals surface area contributed by atoms with Crippen molar-refractivity contribution in [2.45, 2.75) is 0 Å². The Morgan fingerprint density at radius 2 is 1.80 bits per heavy atom. The highest BCUT2D eigenvalue weighted by atomic mass is 19.1. The fourth-order valence-electron chi connectivity index (χ4n) is 3.72. The van der Waals surface area contributed by atoms with Crippen molar-refractivity contribution in [2.24, 2.45) is 0 Å². The van der Waals surface area contributed by atoms with E-state index in [1.165, 1.54) is 6.07 Å². The van der Waals surface area contributed by atoms with Crippen LogP contribution in [0.25, 0.3) is 55.7 Å². The van der Waals surface area contributed by atoms with Crippen molar-refractivity contribution >= 4 is 21.9 Å². The summed E-state index contributed by atoms with van der Waals surface area (Å²) < 4.78 is 14.4. The first-order valence-corrected chi connectivity index (χ1v) is 9.34. The van der Waals surface area contributed by atoms with E-state index in [2.05, 4.69) is 35.3 Å². The van der Waals surface area contributed by atoms with E-state index < -0.39 is 0 Å². The zero-order valence-electron chi connectivity index (χ0n) is 15.5. The Bertz CT molecular complexity index is 1510. The van der Waals surface area contributed by atoms with Crippen LogP contribution in [-0.4, -0.2) is 35.3 Å². The van der Waals surface area contributed by atoms with Gasteiger partial charge in [-0.1, -0.05) is 12.1 Å². The van der Waals surface area contributed by atoms with Crippen LogP contribution in [0.3, 0.4) is 0 Å². The fraction of sp³-hybridized carbons (Fsp3) is 0. The predicted octanol–water partition coefficient (Wildman–Crippen LogP) is 4.70. The van der Waals surface area contributed by atoms with Crippen molar-refractivity contribution in [3.05, 3.63) is 73.1 Å². The number of benzene rings is 1. The summed E-state index contributed by atoms with van der Waals surface area (Å²) in [6.07, 6.45) is 7.02. The lowest BCUT2D eigenvalue weighted by molar-refractivity contribution is 0.631. The second-order valence-corrected chi connectivity index (χ2v) is 6.96. The smallest absolute Gasteiger partial charge is 0.155 e. The standard InChI is InChI=1S/C22H14FN7/c23-17-4-2-1-3-14(17)20-15-8-19(28-18(15)5-6-24-20)21-16-7-12(13-10-26-27-11-13)9-25-22(16)30-29-21/h1-11,28H,(H,26,27)(H,25,29,30). The summed E-state index contributed by atoms with van der Waals surface area (Å²) in [7, 11) is 0. The molecule has 0 saturated heterocycles. The second-order valence-electron chi connectivity index (χ2n) is 6.96. The monoisotopic (exact) mass is 395 g/mol. The van der Waals surface area contributed by atoms with Crippen molar-refractivity contribution < 1.29 is 4.39 Å². The third-order valence-electron chi connectivity index (χ3n) is 5.18. The lowest BCUT2D eigenvalue weighted by atomic mass is 10.1. The number of fused-ring (bicyclic) bond motifs is 2. The van der Waals surface area contributed by atoms with Gasteiger partial charge in [-0.25, -0.2) is 9.37 Å². The van der Waals surface area contributed by atoms with Gasteiger partial charge in [0.25, 0.3) is 0 Å². The number of aromatic nitrogens is 7. The number of H-pyrrole nitrogens is 3. The van der Waals surface area contributed by atoms with Gasteiger partial charge < -0.3 is 4.98 Å². The molecule has 0 spiro atoms. The number of nitrogens with one attached hydrogen (secondary N) is 3. The van der Waals surface area contributed by atoms with Crippen LogP contribution in [0.5, 0.6) is 0 Å². The molecule has 0 atom stereocenters. The van der Waals surface area contributed by atoms with Gasteiger partial charge in [-0.3, -0.25) is 15.2 Å². The van der Waals surface area contributed by atoms with Gasteiger partial charge >= 0.3 is 0 Å². The highest BCUT2D eigenvalue weighted by Crippen LogP contribution is 2.34. The van der Waals surface area contributed by atoms with Gasteiger partial charge in [-0.15, -0.1) is 0 Å². The molecule has 6 aromatic rings. The average molecular weight is 395 g/mol. The van der Waals surface area contributed by atoms with Gasteiger partial charge in [0.15, 0.2) is 5.65 Å². The van der Waals surface area contributed by atoms with Crippen LogP contribution in [0.2, 0.25) is 0 Å². The van der Waals surface area contributed by atoms with E-state index in [1.54, 1.807) is 36.8 Å². The Morgan fingerprint density at radius 3 is 2.67 bits per heavy atom. The summed E-state index contributed by atoms with van der Waals surface area (Å²) in [6, 6.07) is 12.5. The number of nitrogens with zero attached hydrogens (tertiary/aromatic N) is 4. The van der Waals surface area contributed by atoms with Gasteiger partial charge in [-0.2, -0.15) is 10.2 Å². The van der Waals surface area contributed by atoms with Crippen LogP contribution in [0, 0.1) is 5.82 Å². The van der Waals surface area contributed by atoms with Crippen LogP contribution in [0.15, 0.2) is 67.3 Å². The van der Waals surface area contributed by atoms with Gasteiger partial charge in [-0.05, 0) is 30.3 Å². The molecule has 0 fully saturated rings. The summed E-state index contributed by atoms with van der Waals surface area (Å²) in [5.74, 6) is -0.306. The summed E-state index contributed by atoms with van der Waals surface area (Å²) in [6.45, 7) is 0. The Kier molecular flexibility index (Phi) is 3.51. The third kappa shape index (κ3) is 2.51.